The molecule has 5 nitrogen and oxygen atoms in total. The molecule has 0 spiro atoms. The average Bonchev–Trinajstić information content (AvgIpc) is 2.52. The van der Waals surface area contributed by atoms with Gasteiger partial charge in [0.2, 0.25) is 5.91 Å². The molecule has 1 fully saturated rings. The van der Waals surface area contributed by atoms with Crippen molar-refractivity contribution >= 4 is 23.5 Å². The summed E-state index contributed by atoms with van der Waals surface area (Å²) in [6.07, 6.45) is 4.01. The van der Waals surface area contributed by atoms with Crippen molar-refractivity contribution in [1.82, 2.24) is 10.3 Å². The lowest BCUT2D eigenvalue weighted by molar-refractivity contribution is -0.120. The summed E-state index contributed by atoms with van der Waals surface area (Å²) in [5, 5.41) is 2.90. The minimum Gasteiger partial charge on any atom is -0.375 e. The number of ether oxygens (including phenoxy) is 1. The number of hydrogen-bond acceptors (Lipinski definition) is 5. The molecule has 0 aromatic carbocycles. The van der Waals surface area contributed by atoms with Crippen molar-refractivity contribution in [2.24, 2.45) is 0 Å². The van der Waals surface area contributed by atoms with Gasteiger partial charge in [0.05, 0.1) is 18.0 Å². The Bertz CT molecular complexity index is 466. The lowest BCUT2D eigenvalue weighted by Gasteiger charge is -2.32. The molecule has 0 radical (unpaired) electrons. The van der Waals surface area contributed by atoms with E-state index in [1.54, 1.807) is 11.8 Å². The van der Waals surface area contributed by atoms with E-state index in [-0.39, 0.29) is 17.3 Å². The van der Waals surface area contributed by atoms with Crippen LogP contribution in [-0.4, -0.2) is 48.2 Å². The molecule has 0 bridgehead atoms. The Morgan fingerprint density at radius 1 is 1.62 bits per heavy atom. The zero-order chi connectivity index (χ0) is 15.2. The molecule has 1 N–H and O–H groups in total. The first-order valence-electron chi connectivity index (χ1n) is 7.22. The van der Waals surface area contributed by atoms with Crippen LogP contribution >= 0.6 is 11.8 Å². The van der Waals surface area contributed by atoms with Crippen LogP contribution in [0.1, 0.15) is 19.4 Å². The van der Waals surface area contributed by atoms with Crippen molar-refractivity contribution in [3.8, 4) is 0 Å². The number of rotatable bonds is 5. The smallest absolute Gasteiger partial charge is 0.233 e. The van der Waals surface area contributed by atoms with Crippen molar-refractivity contribution < 1.29 is 9.53 Å². The number of anilines is 1. The van der Waals surface area contributed by atoms with Crippen LogP contribution in [0.25, 0.3) is 0 Å². The lowest BCUT2D eigenvalue weighted by atomic mass is 10.2. The van der Waals surface area contributed by atoms with Crippen LogP contribution in [0.2, 0.25) is 0 Å². The van der Waals surface area contributed by atoms with Crippen LogP contribution < -0.4 is 10.2 Å². The third kappa shape index (κ3) is 4.61. The summed E-state index contributed by atoms with van der Waals surface area (Å²) in [5.74, 6) is 1.03. The summed E-state index contributed by atoms with van der Waals surface area (Å²) in [7, 11) is 0. The van der Waals surface area contributed by atoms with E-state index in [9.17, 15) is 4.79 Å². The topological polar surface area (TPSA) is 54.5 Å². The highest BCUT2D eigenvalue weighted by molar-refractivity contribution is 7.99. The zero-order valence-electron chi connectivity index (χ0n) is 12.8. The first kappa shape index (κ1) is 16.1. The van der Waals surface area contributed by atoms with E-state index in [1.165, 1.54) is 0 Å². The van der Waals surface area contributed by atoms with E-state index in [4.69, 9.17) is 4.74 Å². The number of carbonyl (C=O) groups is 1. The van der Waals surface area contributed by atoms with Gasteiger partial charge in [-0.15, -0.1) is 0 Å². The fourth-order valence-electron chi connectivity index (χ4n) is 2.17. The summed E-state index contributed by atoms with van der Waals surface area (Å²) in [5.41, 5.74) is 1.02. The van der Waals surface area contributed by atoms with Crippen LogP contribution in [0.5, 0.6) is 0 Å². The number of nitrogens with one attached hydrogen (secondary N) is 1. The second kappa shape index (κ2) is 7.66. The molecule has 21 heavy (non-hydrogen) atoms. The van der Waals surface area contributed by atoms with E-state index in [0.717, 1.165) is 31.1 Å². The Hall–Kier alpha value is -1.27. The third-order valence-electron chi connectivity index (χ3n) is 3.56. The number of nitrogens with zero attached hydrogens (tertiary/aromatic N) is 2. The van der Waals surface area contributed by atoms with E-state index >= 15 is 0 Å². The summed E-state index contributed by atoms with van der Waals surface area (Å²) in [4.78, 5) is 18.4. The van der Waals surface area contributed by atoms with Gasteiger partial charge in [0.25, 0.3) is 0 Å². The van der Waals surface area contributed by atoms with Gasteiger partial charge in [-0.1, -0.05) is 6.07 Å². The highest BCUT2D eigenvalue weighted by Crippen LogP contribution is 2.15. The van der Waals surface area contributed by atoms with Gasteiger partial charge in [0.15, 0.2) is 0 Å². The SMILES string of the molecule is CS[C@H](C)C(=O)NCc1ccc(N2CCO[C@H](C)C2)nc1. The Kier molecular flexibility index (Phi) is 5.87. The number of thioether (sulfide) groups is 1. The standard InChI is InChI=1S/C15H23N3O2S/c1-11-10-18(6-7-20-11)14-5-4-13(8-16-14)9-17-15(19)12(2)21-3/h4-5,8,11-12H,6-7,9-10H2,1-3H3,(H,17,19)/t11-,12-/m1/s1. The molecular weight excluding hydrogens is 286 g/mol. The third-order valence-corrected chi connectivity index (χ3v) is 4.48. The number of pyridine rings is 1. The monoisotopic (exact) mass is 309 g/mol. The van der Waals surface area contributed by atoms with Gasteiger partial charge in [0, 0.05) is 25.8 Å². The number of morpholine rings is 1. The molecule has 1 aliphatic rings. The molecule has 1 aromatic heterocycles. The average molecular weight is 309 g/mol. The second-order valence-corrected chi connectivity index (χ2v) is 6.43. The van der Waals surface area contributed by atoms with Crippen LogP contribution in [0, 0.1) is 0 Å². The number of hydrogen-bond donors (Lipinski definition) is 1. The molecule has 116 valence electrons. The molecular formula is C15H23N3O2S. The molecule has 1 aromatic rings. The van der Waals surface area contributed by atoms with E-state index in [2.05, 4.69) is 22.1 Å². The predicted octanol–water partition coefficient (Wildman–Crippen LogP) is 1.67. The van der Waals surface area contributed by atoms with Crippen LogP contribution in [0.3, 0.4) is 0 Å². The molecule has 1 aliphatic heterocycles. The van der Waals surface area contributed by atoms with Gasteiger partial charge in [-0.2, -0.15) is 11.8 Å². The number of carbonyl (C=O) groups excluding carboxylic acids is 1. The zero-order valence-corrected chi connectivity index (χ0v) is 13.7. The molecule has 1 saturated heterocycles. The molecule has 0 saturated carbocycles. The predicted molar refractivity (Wildman–Crippen MR) is 86.7 cm³/mol. The molecule has 2 atom stereocenters. The molecule has 1 amide bonds. The highest BCUT2D eigenvalue weighted by atomic mass is 32.2. The first-order valence-corrected chi connectivity index (χ1v) is 8.51. The van der Waals surface area contributed by atoms with Gasteiger partial charge in [-0.05, 0) is 31.7 Å². The minimum absolute atomic E-state index is 0.0212. The van der Waals surface area contributed by atoms with Crippen molar-refractivity contribution in [3.05, 3.63) is 23.9 Å². The van der Waals surface area contributed by atoms with Crippen molar-refractivity contribution in [3.63, 3.8) is 0 Å². The molecule has 2 heterocycles. The van der Waals surface area contributed by atoms with Gasteiger partial charge in [0.1, 0.15) is 5.82 Å². The van der Waals surface area contributed by atoms with Crippen LogP contribution in [0.4, 0.5) is 5.82 Å². The number of amides is 1. The Morgan fingerprint density at radius 3 is 3.05 bits per heavy atom. The maximum absolute atomic E-state index is 11.7. The van der Waals surface area contributed by atoms with E-state index in [1.807, 2.05) is 31.5 Å². The van der Waals surface area contributed by atoms with E-state index < -0.39 is 0 Å². The summed E-state index contributed by atoms with van der Waals surface area (Å²) in [6, 6.07) is 4.03. The molecule has 0 aliphatic carbocycles. The maximum Gasteiger partial charge on any atom is 0.233 e. The normalized spacial score (nSPS) is 20.1. The Balaban J connectivity index is 1.88. The van der Waals surface area contributed by atoms with Gasteiger partial charge in [-0.25, -0.2) is 4.98 Å². The van der Waals surface area contributed by atoms with Crippen molar-refractivity contribution in [2.75, 3.05) is 30.9 Å². The fourth-order valence-corrected chi connectivity index (χ4v) is 2.47. The van der Waals surface area contributed by atoms with Gasteiger partial charge >= 0.3 is 0 Å². The first-order chi connectivity index (χ1) is 10.1. The maximum atomic E-state index is 11.7. The summed E-state index contributed by atoms with van der Waals surface area (Å²) < 4.78 is 5.53. The number of aromatic nitrogens is 1. The van der Waals surface area contributed by atoms with E-state index in [0.29, 0.717) is 6.54 Å². The van der Waals surface area contributed by atoms with Gasteiger partial charge in [-0.3, -0.25) is 4.79 Å². The summed E-state index contributed by atoms with van der Waals surface area (Å²) >= 11 is 1.54. The fraction of sp³-hybridized carbons (Fsp3) is 0.600. The quantitative estimate of drug-likeness (QED) is 0.897. The Labute approximate surface area is 130 Å². The van der Waals surface area contributed by atoms with Crippen LogP contribution in [-0.2, 0) is 16.1 Å². The molecule has 0 unspecified atom stereocenters. The molecule has 2 rings (SSSR count). The lowest BCUT2D eigenvalue weighted by Crippen LogP contribution is -2.41. The van der Waals surface area contributed by atoms with Gasteiger partial charge < -0.3 is 15.0 Å². The van der Waals surface area contributed by atoms with Crippen molar-refractivity contribution in [2.45, 2.75) is 31.7 Å². The second-order valence-electron chi connectivity index (χ2n) is 5.25. The largest absolute Gasteiger partial charge is 0.375 e. The Morgan fingerprint density at radius 2 is 2.43 bits per heavy atom. The minimum atomic E-state index is -0.0212. The highest BCUT2D eigenvalue weighted by Gasteiger charge is 2.17. The van der Waals surface area contributed by atoms with Crippen molar-refractivity contribution in [1.29, 1.82) is 0 Å². The molecule has 6 heteroatoms. The summed E-state index contributed by atoms with van der Waals surface area (Å²) in [6.45, 7) is 6.99. The van der Waals surface area contributed by atoms with Crippen LogP contribution in [0.15, 0.2) is 18.3 Å².